The molecule has 0 spiro atoms. The predicted octanol–water partition coefficient (Wildman–Crippen LogP) is 3.90. The third kappa shape index (κ3) is 4.68. The number of ether oxygens (including phenoxy) is 1. The molecule has 1 atom stereocenters. The van der Waals surface area contributed by atoms with Gasteiger partial charge in [-0.1, -0.05) is 24.3 Å². The first-order valence-corrected chi connectivity index (χ1v) is 11.2. The van der Waals surface area contributed by atoms with Crippen molar-refractivity contribution in [3.8, 4) is 11.5 Å². The number of furan rings is 1. The van der Waals surface area contributed by atoms with Gasteiger partial charge in [-0.05, 0) is 48.9 Å². The van der Waals surface area contributed by atoms with Crippen LogP contribution in [0.15, 0.2) is 77.4 Å². The van der Waals surface area contributed by atoms with Crippen LogP contribution in [0.5, 0.6) is 11.5 Å². The summed E-state index contributed by atoms with van der Waals surface area (Å²) >= 11 is 0. The molecule has 6 nitrogen and oxygen atoms in total. The highest BCUT2D eigenvalue weighted by atomic mass is 32.2. The zero-order valence-corrected chi connectivity index (χ0v) is 16.5. The molecule has 2 heterocycles. The van der Waals surface area contributed by atoms with Gasteiger partial charge in [0.1, 0.15) is 17.3 Å². The molecular formula is C22H21NO5S. The number of sulfone groups is 1. The summed E-state index contributed by atoms with van der Waals surface area (Å²) in [6.45, 7) is 0.218. The fraction of sp³-hybridized carbons (Fsp3) is 0.227. The van der Waals surface area contributed by atoms with Gasteiger partial charge < -0.3 is 14.1 Å². The van der Waals surface area contributed by atoms with Crippen LogP contribution in [0.2, 0.25) is 0 Å². The predicted molar refractivity (Wildman–Crippen MR) is 109 cm³/mol. The number of benzene rings is 2. The second-order valence-corrected chi connectivity index (χ2v) is 9.24. The molecule has 1 aromatic heterocycles. The maximum Gasteiger partial charge on any atom is 0.254 e. The number of hydrogen-bond acceptors (Lipinski definition) is 5. The molecule has 0 radical (unpaired) electrons. The molecule has 2 aromatic carbocycles. The smallest absolute Gasteiger partial charge is 0.254 e. The van der Waals surface area contributed by atoms with Crippen LogP contribution in [0.1, 0.15) is 22.5 Å². The van der Waals surface area contributed by atoms with E-state index in [4.69, 9.17) is 9.15 Å². The van der Waals surface area contributed by atoms with Crippen molar-refractivity contribution in [2.75, 3.05) is 11.5 Å². The molecule has 4 rings (SSSR count). The number of hydrogen-bond donors (Lipinski definition) is 0. The highest BCUT2D eigenvalue weighted by molar-refractivity contribution is 7.91. The van der Waals surface area contributed by atoms with E-state index in [1.54, 1.807) is 41.3 Å². The summed E-state index contributed by atoms with van der Waals surface area (Å²) in [5.74, 6) is 1.64. The van der Waals surface area contributed by atoms with Crippen molar-refractivity contribution in [2.45, 2.75) is 19.0 Å². The fourth-order valence-corrected chi connectivity index (χ4v) is 5.17. The molecule has 3 aromatic rings. The third-order valence-corrected chi connectivity index (χ3v) is 6.63. The average Bonchev–Trinajstić information content (AvgIpc) is 3.36. The number of nitrogens with zero attached hydrogens (tertiary/aromatic N) is 1. The first-order chi connectivity index (χ1) is 14.0. The molecule has 1 amide bonds. The van der Waals surface area contributed by atoms with Gasteiger partial charge in [0, 0.05) is 11.6 Å². The van der Waals surface area contributed by atoms with Crippen molar-refractivity contribution in [1.82, 2.24) is 4.90 Å². The summed E-state index contributed by atoms with van der Waals surface area (Å²) in [5.41, 5.74) is 0.439. The Hall–Kier alpha value is -3.06. The third-order valence-electron chi connectivity index (χ3n) is 4.88. The maximum atomic E-state index is 13.3. The van der Waals surface area contributed by atoms with Crippen molar-refractivity contribution >= 4 is 15.7 Å². The van der Waals surface area contributed by atoms with Crippen molar-refractivity contribution in [2.24, 2.45) is 0 Å². The molecule has 0 unspecified atom stereocenters. The molecule has 0 aliphatic carbocycles. The first kappa shape index (κ1) is 19.3. The van der Waals surface area contributed by atoms with E-state index in [-0.39, 0.29) is 30.0 Å². The van der Waals surface area contributed by atoms with Gasteiger partial charge in [0.05, 0.1) is 24.3 Å². The monoisotopic (exact) mass is 411 g/mol. The Bertz CT molecular complexity index is 1080. The lowest BCUT2D eigenvalue weighted by molar-refractivity contribution is 0.0666. The van der Waals surface area contributed by atoms with Gasteiger partial charge in [0.2, 0.25) is 0 Å². The largest absolute Gasteiger partial charge is 0.467 e. The Morgan fingerprint density at radius 1 is 1.03 bits per heavy atom. The van der Waals surface area contributed by atoms with E-state index in [2.05, 4.69) is 0 Å². The summed E-state index contributed by atoms with van der Waals surface area (Å²) < 4.78 is 35.2. The van der Waals surface area contributed by atoms with Gasteiger partial charge in [-0.25, -0.2) is 8.42 Å². The van der Waals surface area contributed by atoms with Crippen molar-refractivity contribution in [1.29, 1.82) is 0 Å². The van der Waals surface area contributed by atoms with E-state index >= 15 is 0 Å². The topological polar surface area (TPSA) is 76.8 Å². The van der Waals surface area contributed by atoms with Gasteiger partial charge in [0.15, 0.2) is 9.84 Å². The quantitative estimate of drug-likeness (QED) is 0.615. The maximum absolute atomic E-state index is 13.3. The van der Waals surface area contributed by atoms with Crippen molar-refractivity contribution in [3.63, 3.8) is 0 Å². The van der Waals surface area contributed by atoms with Crippen LogP contribution in [0.3, 0.4) is 0 Å². The number of carbonyl (C=O) groups is 1. The van der Waals surface area contributed by atoms with Gasteiger partial charge in [-0.3, -0.25) is 4.79 Å². The summed E-state index contributed by atoms with van der Waals surface area (Å²) in [4.78, 5) is 14.9. The molecule has 1 saturated heterocycles. The van der Waals surface area contributed by atoms with Gasteiger partial charge >= 0.3 is 0 Å². The Labute approximate surface area is 169 Å². The summed E-state index contributed by atoms with van der Waals surface area (Å²) in [6.07, 6.45) is 1.96. The molecule has 1 aliphatic heterocycles. The minimum absolute atomic E-state index is 0.0281. The molecule has 0 saturated carbocycles. The van der Waals surface area contributed by atoms with E-state index < -0.39 is 9.84 Å². The Kier molecular flexibility index (Phi) is 5.40. The summed E-state index contributed by atoms with van der Waals surface area (Å²) in [6, 6.07) is 19.4. The van der Waals surface area contributed by atoms with Crippen LogP contribution >= 0.6 is 0 Å². The lowest BCUT2D eigenvalue weighted by Crippen LogP contribution is -2.40. The van der Waals surface area contributed by atoms with Gasteiger partial charge in [0.25, 0.3) is 5.91 Å². The minimum atomic E-state index is -3.13. The lowest BCUT2D eigenvalue weighted by Gasteiger charge is -2.27. The van der Waals surface area contributed by atoms with Crippen LogP contribution in [0, 0.1) is 0 Å². The normalized spacial score (nSPS) is 17.7. The highest BCUT2D eigenvalue weighted by Crippen LogP contribution is 2.26. The molecule has 150 valence electrons. The average molecular weight is 411 g/mol. The van der Waals surface area contributed by atoms with Crippen molar-refractivity contribution in [3.05, 3.63) is 84.3 Å². The lowest BCUT2D eigenvalue weighted by atomic mass is 10.1. The van der Waals surface area contributed by atoms with E-state index in [0.717, 1.165) is 0 Å². The number of carbonyl (C=O) groups excluding carboxylic acids is 1. The van der Waals surface area contributed by atoms with Gasteiger partial charge in [-0.15, -0.1) is 0 Å². The molecule has 7 heteroatoms. The molecule has 29 heavy (non-hydrogen) atoms. The second kappa shape index (κ2) is 8.13. The zero-order chi connectivity index (χ0) is 20.3. The molecule has 0 N–H and O–H groups in total. The standard InChI is InChI=1S/C22H21NO5S/c24-22(17-6-4-9-20(14-17)28-19-7-2-1-3-8-19)23(15-21-10-5-12-27-21)18-11-13-29(25,26)16-18/h1-10,12,14,18H,11,13,15-16H2/t18-/m0/s1. The van der Waals surface area contributed by atoms with Crippen molar-refractivity contribution < 1.29 is 22.4 Å². The van der Waals surface area contributed by atoms with E-state index in [9.17, 15) is 13.2 Å². The Morgan fingerprint density at radius 2 is 1.83 bits per heavy atom. The number of amides is 1. The number of para-hydroxylation sites is 1. The Balaban J connectivity index is 1.59. The molecule has 0 bridgehead atoms. The van der Waals surface area contributed by atoms with Gasteiger partial charge in [-0.2, -0.15) is 0 Å². The molecule has 1 aliphatic rings. The van der Waals surface area contributed by atoms with Crippen LogP contribution < -0.4 is 4.74 Å². The van der Waals surface area contributed by atoms with E-state index in [1.165, 1.54) is 6.26 Å². The summed E-state index contributed by atoms with van der Waals surface area (Å²) in [5, 5.41) is 0. The zero-order valence-electron chi connectivity index (χ0n) is 15.7. The minimum Gasteiger partial charge on any atom is -0.467 e. The molecule has 1 fully saturated rings. The molecular weight excluding hydrogens is 390 g/mol. The van der Waals surface area contributed by atoms with E-state index in [1.807, 2.05) is 30.3 Å². The van der Waals surface area contributed by atoms with Crippen LogP contribution in [0.25, 0.3) is 0 Å². The first-order valence-electron chi connectivity index (χ1n) is 9.37. The van der Waals surface area contributed by atoms with E-state index in [0.29, 0.717) is 29.2 Å². The summed E-state index contributed by atoms with van der Waals surface area (Å²) in [7, 11) is -3.13. The fourth-order valence-electron chi connectivity index (χ4n) is 3.44. The Morgan fingerprint density at radius 3 is 2.52 bits per heavy atom. The number of rotatable bonds is 6. The second-order valence-electron chi connectivity index (χ2n) is 7.01. The van der Waals surface area contributed by atoms with Crippen LogP contribution in [-0.2, 0) is 16.4 Å². The van der Waals surface area contributed by atoms with Crippen LogP contribution in [-0.4, -0.2) is 36.8 Å². The van der Waals surface area contributed by atoms with Crippen LogP contribution in [0.4, 0.5) is 0 Å². The highest BCUT2D eigenvalue weighted by Gasteiger charge is 2.35. The SMILES string of the molecule is O=C(c1cccc(Oc2ccccc2)c1)N(Cc1ccco1)[C@H]1CCS(=O)(=O)C1.